The number of halogens is 2. The number of nitrogens with zero attached hydrogens (tertiary/aromatic N) is 1. The molecule has 0 atom stereocenters. The van der Waals surface area contributed by atoms with Gasteiger partial charge in [-0.1, -0.05) is 17.7 Å². The van der Waals surface area contributed by atoms with Crippen LogP contribution in [0.4, 0.5) is 5.69 Å². The number of amides is 2. The summed E-state index contributed by atoms with van der Waals surface area (Å²) in [5.41, 5.74) is 5.96. The molecule has 7 heteroatoms. The molecule has 0 saturated carbocycles. The molecule has 1 heterocycles. The summed E-state index contributed by atoms with van der Waals surface area (Å²) in [5, 5.41) is 2.89. The van der Waals surface area contributed by atoms with Gasteiger partial charge in [0.25, 0.3) is 5.91 Å². The molecule has 2 aromatic rings. The molecule has 0 unspecified atom stereocenters. The number of carbonyl (C=O) groups is 2. The van der Waals surface area contributed by atoms with Crippen molar-refractivity contribution in [2.45, 2.75) is 0 Å². The van der Waals surface area contributed by atoms with E-state index in [1.807, 2.05) is 0 Å². The fourth-order valence-corrected chi connectivity index (χ4v) is 2.00. The lowest BCUT2D eigenvalue weighted by Crippen LogP contribution is -2.16. The van der Waals surface area contributed by atoms with Gasteiger partial charge in [-0.05, 0) is 46.3 Å². The van der Waals surface area contributed by atoms with E-state index in [1.165, 1.54) is 18.2 Å². The minimum Gasteiger partial charge on any atom is -0.366 e. The number of nitrogens with one attached hydrogen (secondary N) is 1. The monoisotopic (exact) mass is 353 g/mol. The van der Waals surface area contributed by atoms with E-state index in [1.54, 1.807) is 18.2 Å². The van der Waals surface area contributed by atoms with Crippen LogP contribution >= 0.6 is 27.5 Å². The van der Waals surface area contributed by atoms with Crippen molar-refractivity contribution in [3.05, 3.63) is 57.3 Å². The number of primary amides is 1. The number of nitrogens with two attached hydrogens (primary N) is 1. The van der Waals surface area contributed by atoms with E-state index in [-0.39, 0.29) is 11.3 Å². The van der Waals surface area contributed by atoms with E-state index in [4.69, 9.17) is 17.3 Å². The number of anilines is 1. The molecule has 102 valence electrons. The Hall–Kier alpha value is -1.92. The molecule has 0 fully saturated rings. The number of hydrogen-bond acceptors (Lipinski definition) is 3. The summed E-state index contributed by atoms with van der Waals surface area (Å²) >= 11 is 9.15. The highest BCUT2D eigenvalue weighted by Crippen LogP contribution is 2.23. The summed E-state index contributed by atoms with van der Waals surface area (Å²) in [4.78, 5) is 27.2. The van der Waals surface area contributed by atoms with Crippen LogP contribution in [0, 0.1) is 0 Å². The molecule has 0 bridgehead atoms. The Bertz CT molecular complexity index is 691. The quantitative estimate of drug-likeness (QED) is 0.831. The molecule has 0 spiro atoms. The lowest BCUT2D eigenvalue weighted by atomic mass is 10.2. The molecule has 0 saturated heterocycles. The smallest absolute Gasteiger partial charge is 0.274 e. The SMILES string of the molecule is NC(=O)c1ccc(Cl)c(NC(=O)c2cccc(Br)n2)c1. The highest BCUT2D eigenvalue weighted by molar-refractivity contribution is 9.10. The van der Waals surface area contributed by atoms with Gasteiger partial charge in [-0.2, -0.15) is 0 Å². The summed E-state index contributed by atoms with van der Waals surface area (Å²) in [6.07, 6.45) is 0. The first-order valence-electron chi connectivity index (χ1n) is 5.50. The van der Waals surface area contributed by atoms with Crippen LogP contribution < -0.4 is 11.1 Å². The van der Waals surface area contributed by atoms with Crippen LogP contribution in [0.1, 0.15) is 20.8 Å². The molecule has 3 N–H and O–H groups in total. The van der Waals surface area contributed by atoms with Crippen molar-refractivity contribution in [1.29, 1.82) is 0 Å². The highest BCUT2D eigenvalue weighted by Gasteiger charge is 2.12. The van der Waals surface area contributed by atoms with E-state index < -0.39 is 11.8 Å². The fraction of sp³-hybridized carbons (Fsp3) is 0. The van der Waals surface area contributed by atoms with Gasteiger partial charge in [0.05, 0.1) is 10.7 Å². The van der Waals surface area contributed by atoms with E-state index in [0.717, 1.165) is 0 Å². The number of pyridine rings is 1. The van der Waals surface area contributed by atoms with Crippen LogP contribution in [-0.4, -0.2) is 16.8 Å². The zero-order chi connectivity index (χ0) is 14.7. The van der Waals surface area contributed by atoms with Gasteiger partial charge in [0.1, 0.15) is 10.3 Å². The summed E-state index contributed by atoms with van der Waals surface area (Å²) in [7, 11) is 0. The van der Waals surface area contributed by atoms with Crippen molar-refractivity contribution in [3.8, 4) is 0 Å². The number of carbonyl (C=O) groups excluding carboxylic acids is 2. The van der Waals surface area contributed by atoms with E-state index in [0.29, 0.717) is 15.3 Å². The van der Waals surface area contributed by atoms with Crippen molar-refractivity contribution < 1.29 is 9.59 Å². The lowest BCUT2D eigenvalue weighted by Gasteiger charge is -2.08. The van der Waals surface area contributed by atoms with Crippen LogP contribution in [0.25, 0.3) is 0 Å². The summed E-state index contributed by atoms with van der Waals surface area (Å²) in [5.74, 6) is -1.03. The Morgan fingerprint density at radius 2 is 2.00 bits per heavy atom. The zero-order valence-electron chi connectivity index (χ0n) is 10.1. The van der Waals surface area contributed by atoms with Gasteiger partial charge < -0.3 is 11.1 Å². The van der Waals surface area contributed by atoms with Crippen molar-refractivity contribution >= 4 is 45.0 Å². The van der Waals surface area contributed by atoms with Crippen molar-refractivity contribution in [1.82, 2.24) is 4.98 Å². The van der Waals surface area contributed by atoms with Gasteiger partial charge in [0.2, 0.25) is 5.91 Å². The number of aromatic nitrogens is 1. The predicted molar refractivity (Wildman–Crippen MR) is 79.9 cm³/mol. The lowest BCUT2D eigenvalue weighted by molar-refractivity contribution is 0.0995. The van der Waals surface area contributed by atoms with Crippen LogP contribution in [0.3, 0.4) is 0 Å². The zero-order valence-corrected chi connectivity index (χ0v) is 12.4. The largest absolute Gasteiger partial charge is 0.366 e. The molecule has 20 heavy (non-hydrogen) atoms. The Balaban J connectivity index is 2.27. The highest BCUT2D eigenvalue weighted by atomic mass is 79.9. The van der Waals surface area contributed by atoms with E-state index in [2.05, 4.69) is 26.2 Å². The second-order valence-electron chi connectivity index (χ2n) is 3.86. The van der Waals surface area contributed by atoms with Crippen molar-refractivity contribution in [3.63, 3.8) is 0 Å². The summed E-state index contributed by atoms with van der Waals surface area (Å²) in [6, 6.07) is 9.35. The van der Waals surface area contributed by atoms with Gasteiger partial charge in [-0.15, -0.1) is 0 Å². The standard InChI is InChI=1S/C13H9BrClN3O2/c14-11-3-1-2-9(17-11)13(20)18-10-6-7(12(16)19)4-5-8(10)15/h1-6H,(H2,16,19)(H,18,20). The molecule has 2 rings (SSSR count). The third-order valence-corrected chi connectivity index (χ3v) is 3.22. The second kappa shape index (κ2) is 6.02. The van der Waals surface area contributed by atoms with E-state index in [9.17, 15) is 9.59 Å². The number of benzene rings is 1. The summed E-state index contributed by atoms with van der Waals surface area (Å²) in [6.45, 7) is 0. The molecule has 5 nitrogen and oxygen atoms in total. The average molecular weight is 355 g/mol. The maximum atomic E-state index is 12.0. The van der Waals surface area contributed by atoms with E-state index >= 15 is 0 Å². The van der Waals surface area contributed by atoms with Crippen molar-refractivity contribution in [2.75, 3.05) is 5.32 Å². The molecule has 0 radical (unpaired) electrons. The van der Waals surface area contributed by atoms with Gasteiger partial charge in [-0.25, -0.2) is 4.98 Å². The van der Waals surface area contributed by atoms with Gasteiger partial charge in [0.15, 0.2) is 0 Å². The molecule has 0 aliphatic heterocycles. The Kier molecular flexibility index (Phi) is 4.36. The van der Waals surface area contributed by atoms with Crippen LogP contribution in [0.2, 0.25) is 5.02 Å². The maximum absolute atomic E-state index is 12.0. The fourth-order valence-electron chi connectivity index (χ4n) is 1.50. The number of hydrogen-bond donors (Lipinski definition) is 2. The third-order valence-electron chi connectivity index (χ3n) is 2.45. The van der Waals surface area contributed by atoms with Crippen molar-refractivity contribution in [2.24, 2.45) is 5.73 Å². The van der Waals surface area contributed by atoms with Gasteiger partial charge in [0, 0.05) is 5.56 Å². The van der Waals surface area contributed by atoms with Gasteiger partial charge in [-0.3, -0.25) is 9.59 Å². The number of rotatable bonds is 3. The summed E-state index contributed by atoms with van der Waals surface area (Å²) < 4.78 is 0.544. The minimum atomic E-state index is -0.599. The Morgan fingerprint density at radius 3 is 2.65 bits per heavy atom. The molecule has 1 aromatic heterocycles. The molecular formula is C13H9BrClN3O2. The predicted octanol–water partition coefficient (Wildman–Crippen LogP) is 2.85. The first kappa shape index (κ1) is 14.5. The molecule has 1 aromatic carbocycles. The molecule has 2 amide bonds. The maximum Gasteiger partial charge on any atom is 0.274 e. The first-order chi connectivity index (χ1) is 9.47. The second-order valence-corrected chi connectivity index (χ2v) is 5.08. The van der Waals surface area contributed by atoms with Crippen LogP contribution in [0.5, 0.6) is 0 Å². The van der Waals surface area contributed by atoms with Crippen LogP contribution in [-0.2, 0) is 0 Å². The average Bonchev–Trinajstić information content (AvgIpc) is 2.41. The molecular weight excluding hydrogens is 346 g/mol. The normalized spacial score (nSPS) is 10.1. The Labute approximate surface area is 128 Å². The van der Waals surface area contributed by atoms with Crippen LogP contribution in [0.15, 0.2) is 41.0 Å². The molecule has 0 aliphatic carbocycles. The van der Waals surface area contributed by atoms with Gasteiger partial charge >= 0.3 is 0 Å². The first-order valence-corrected chi connectivity index (χ1v) is 6.68. The topological polar surface area (TPSA) is 85.1 Å². The molecule has 0 aliphatic rings. The third kappa shape index (κ3) is 3.34. The minimum absolute atomic E-state index is 0.222. The Morgan fingerprint density at radius 1 is 1.25 bits per heavy atom.